The molecule has 150 valence electrons. The average molecular weight is 392 g/mol. The molecule has 0 radical (unpaired) electrons. The van der Waals surface area contributed by atoms with Crippen molar-refractivity contribution in [1.82, 2.24) is 5.32 Å². The molecule has 1 aromatic heterocycles. The molecular weight excluding hydrogens is 368 g/mol. The Balaban J connectivity index is 1.71. The molecule has 6 heteroatoms. The molecule has 1 atom stereocenters. The van der Waals surface area contributed by atoms with Crippen molar-refractivity contribution in [2.45, 2.75) is 6.04 Å². The standard InChI is InChI=1S/C23H24N2O4/c1-4-17-14-25(10-9-24-17)18-7-5-16-11-19(23(26)29-21(16)13-18)15-6-8-20(27-2)22(12-15)28-3/h4-8,11-13,17,24H,1,9-10,14H2,2-3H3/t17-/m1/s1. The summed E-state index contributed by atoms with van der Waals surface area (Å²) >= 11 is 0. The van der Waals surface area contributed by atoms with Crippen LogP contribution in [0.25, 0.3) is 22.1 Å². The minimum absolute atomic E-state index is 0.249. The maximum absolute atomic E-state index is 12.7. The van der Waals surface area contributed by atoms with Crippen LogP contribution >= 0.6 is 0 Å². The van der Waals surface area contributed by atoms with Gasteiger partial charge in [-0.2, -0.15) is 0 Å². The van der Waals surface area contributed by atoms with Gasteiger partial charge in [0.2, 0.25) is 0 Å². The molecular formula is C23H24N2O4. The Labute approximate surface area is 169 Å². The molecule has 0 spiro atoms. The number of hydrogen-bond donors (Lipinski definition) is 1. The molecule has 1 aliphatic heterocycles. The Morgan fingerprint density at radius 1 is 1.14 bits per heavy atom. The summed E-state index contributed by atoms with van der Waals surface area (Å²) in [7, 11) is 3.15. The highest BCUT2D eigenvalue weighted by Gasteiger charge is 2.18. The SMILES string of the molecule is C=C[C@@H]1CN(c2ccc3cc(-c4ccc(OC)c(OC)c4)c(=O)oc3c2)CCN1. The summed E-state index contributed by atoms with van der Waals surface area (Å²) in [6.07, 6.45) is 1.92. The third-order valence-electron chi connectivity index (χ3n) is 5.27. The monoisotopic (exact) mass is 392 g/mol. The molecule has 0 saturated carbocycles. The maximum atomic E-state index is 12.7. The molecule has 1 aliphatic rings. The predicted molar refractivity (Wildman–Crippen MR) is 115 cm³/mol. The molecule has 29 heavy (non-hydrogen) atoms. The molecule has 6 nitrogen and oxygen atoms in total. The molecule has 4 rings (SSSR count). The summed E-state index contributed by atoms with van der Waals surface area (Å²) in [6.45, 7) is 6.48. The number of benzene rings is 2. The van der Waals surface area contributed by atoms with E-state index in [0.29, 0.717) is 22.6 Å². The lowest BCUT2D eigenvalue weighted by Gasteiger charge is -2.34. The Morgan fingerprint density at radius 2 is 1.97 bits per heavy atom. The first-order valence-corrected chi connectivity index (χ1v) is 9.54. The minimum Gasteiger partial charge on any atom is -0.493 e. The Kier molecular flexibility index (Phi) is 5.27. The van der Waals surface area contributed by atoms with Crippen LogP contribution in [0.5, 0.6) is 11.5 Å². The van der Waals surface area contributed by atoms with Crippen LogP contribution in [0.15, 0.2) is 64.3 Å². The molecule has 2 heterocycles. The van der Waals surface area contributed by atoms with Crippen LogP contribution in [0.3, 0.4) is 0 Å². The first-order chi connectivity index (χ1) is 14.1. The zero-order valence-electron chi connectivity index (χ0n) is 16.6. The molecule has 1 saturated heterocycles. The van der Waals surface area contributed by atoms with Crippen LogP contribution < -0.4 is 25.3 Å². The summed E-state index contributed by atoms with van der Waals surface area (Å²) in [4.78, 5) is 15.0. The molecule has 1 N–H and O–H groups in total. The van der Waals surface area contributed by atoms with Gasteiger partial charge in [0.15, 0.2) is 11.5 Å². The van der Waals surface area contributed by atoms with E-state index in [9.17, 15) is 4.79 Å². The van der Waals surface area contributed by atoms with Gasteiger partial charge >= 0.3 is 5.63 Å². The fraction of sp³-hybridized carbons (Fsp3) is 0.261. The number of nitrogens with one attached hydrogen (secondary N) is 1. The number of methoxy groups -OCH3 is 2. The van der Waals surface area contributed by atoms with Crippen LogP contribution in [0.4, 0.5) is 5.69 Å². The molecule has 0 unspecified atom stereocenters. The largest absolute Gasteiger partial charge is 0.493 e. The highest BCUT2D eigenvalue weighted by atomic mass is 16.5. The Morgan fingerprint density at radius 3 is 2.72 bits per heavy atom. The second-order valence-corrected chi connectivity index (χ2v) is 6.98. The first kappa shape index (κ1) is 19.1. The van der Waals surface area contributed by atoms with E-state index in [1.807, 2.05) is 30.3 Å². The van der Waals surface area contributed by atoms with Gasteiger partial charge in [0, 0.05) is 42.8 Å². The predicted octanol–water partition coefficient (Wildman–Crippen LogP) is 3.44. The highest BCUT2D eigenvalue weighted by molar-refractivity contribution is 5.85. The Hall–Kier alpha value is -3.25. The maximum Gasteiger partial charge on any atom is 0.344 e. The first-order valence-electron chi connectivity index (χ1n) is 9.54. The van der Waals surface area contributed by atoms with Crippen LogP contribution in [0.1, 0.15) is 0 Å². The third-order valence-corrected chi connectivity index (χ3v) is 5.27. The summed E-state index contributed by atoms with van der Waals surface area (Å²) in [5.74, 6) is 1.18. The van der Waals surface area contributed by atoms with Gasteiger partial charge in [0.25, 0.3) is 0 Å². The van der Waals surface area contributed by atoms with Crippen LogP contribution in [-0.4, -0.2) is 39.9 Å². The van der Waals surface area contributed by atoms with Gasteiger partial charge in [-0.25, -0.2) is 4.79 Å². The smallest absolute Gasteiger partial charge is 0.344 e. The van der Waals surface area contributed by atoms with E-state index < -0.39 is 0 Å². The van der Waals surface area contributed by atoms with Crippen molar-refractivity contribution in [2.75, 3.05) is 38.8 Å². The van der Waals surface area contributed by atoms with Gasteiger partial charge in [-0.15, -0.1) is 6.58 Å². The molecule has 1 fully saturated rings. The van der Waals surface area contributed by atoms with Gasteiger partial charge in [-0.3, -0.25) is 0 Å². The van der Waals surface area contributed by atoms with E-state index >= 15 is 0 Å². The van der Waals surface area contributed by atoms with E-state index in [2.05, 4.69) is 22.9 Å². The van der Waals surface area contributed by atoms with Gasteiger partial charge < -0.3 is 24.1 Å². The highest BCUT2D eigenvalue weighted by Crippen LogP contribution is 2.32. The lowest BCUT2D eigenvalue weighted by molar-refractivity contribution is 0.355. The zero-order chi connectivity index (χ0) is 20.4. The van der Waals surface area contributed by atoms with E-state index in [-0.39, 0.29) is 11.7 Å². The van der Waals surface area contributed by atoms with Crippen molar-refractivity contribution >= 4 is 16.7 Å². The lowest BCUT2D eigenvalue weighted by Crippen LogP contribution is -2.49. The van der Waals surface area contributed by atoms with Crippen LogP contribution in [-0.2, 0) is 0 Å². The van der Waals surface area contributed by atoms with Gasteiger partial charge in [-0.05, 0) is 35.9 Å². The second kappa shape index (κ2) is 8.01. The average Bonchev–Trinajstić information content (AvgIpc) is 2.77. The quantitative estimate of drug-likeness (QED) is 0.530. The van der Waals surface area contributed by atoms with Crippen molar-refractivity contribution in [3.05, 3.63) is 65.5 Å². The fourth-order valence-electron chi connectivity index (χ4n) is 3.67. The third kappa shape index (κ3) is 3.71. The van der Waals surface area contributed by atoms with Crippen LogP contribution in [0, 0.1) is 0 Å². The number of hydrogen-bond acceptors (Lipinski definition) is 6. The van der Waals surface area contributed by atoms with E-state index in [0.717, 1.165) is 36.3 Å². The molecule has 0 aliphatic carbocycles. The molecule has 3 aromatic rings. The topological polar surface area (TPSA) is 63.9 Å². The summed E-state index contributed by atoms with van der Waals surface area (Å²) in [5.41, 5.74) is 2.43. The minimum atomic E-state index is -0.383. The van der Waals surface area contributed by atoms with Crippen molar-refractivity contribution in [3.63, 3.8) is 0 Å². The van der Waals surface area contributed by atoms with Gasteiger partial charge in [0.05, 0.1) is 19.8 Å². The summed E-state index contributed by atoms with van der Waals surface area (Å²) in [5, 5.41) is 4.27. The number of anilines is 1. The Bertz CT molecular complexity index is 1110. The number of fused-ring (bicyclic) bond motifs is 1. The van der Waals surface area contributed by atoms with E-state index in [1.54, 1.807) is 26.4 Å². The zero-order valence-corrected chi connectivity index (χ0v) is 16.6. The molecule has 2 aromatic carbocycles. The van der Waals surface area contributed by atoms with Gasteiger partial charge in [0.1, 0.15) is 5.58 Å². The summed E-state index contributed by atoms with van der Waals surface area (Å²) < 4.78 is 16.3. The lowest BCUT2D eigenvalue weighted by atomic mass is 10.0. The number of ether oxygens (including phenoxy) is 2. The van der Waals surface area contributed by atoms with Crippen molar-refractivity contribution < 1.29 is 13.9 Å². The van der Waals surface area contributed by atoms with E-state index in [4.69, 9.17) is 13.9 Å². The normalized spacial score (nSPS) is 16.6. The summed E-state index contributed by atoms with van der Waals surface area (Å²) in [6, 6.07) is 13.5. The van der Waals surface area contributed by atoms with Crippen molar-refractivity contribution in [2.24, 2.45) is 0 Å². The number of piperazine rings is 1. The number of rotatable bonds is 5. The fourth-order valence-corrected chi connectivity index (χ4v) is 3.67. The van der Waals surface area contributed by atoms with Crippen molar-refractivity contribution in [1.29, 1.82) is 0 Å². The van der Waals surface area contributed by atoms with E-state index in [1.165, 1.54) is 0 Å². The molecule has 0 bridgehead atoms. The van der Waals surface area contributed by atoms with Crippen molar-refractivity contribution in [3.8, 4) is 22.6 Å². The van der Waals surface area contributed by atoms with Gasteiger partial charge in [-0.1, -0.05) is 12.1 Å². The second-order valence-electron chi connectivity index (χ2n) is 6.98. The van der Waals surface area contributed by atoms with Crippen LogP contribution in [0.2, 0.25) is 0 Å². The molecule has 0 amide bonds. The number of nitrogens with zero attached hydrogens (tertiary/aromatic N) is 1.